The van der Waals surface area contributed by atoms with Gasteiger partial charge >= 0.3 is 0 Å². The standard InChI is InChI=1S/C8H12FN3OS/c1-6(5-14(2)13)12-8-10-3-7(9)4-11-8/h3-4,6H,5H2,1-2H3,(H,10,11,12). The van der Waals surface area contributed by atoms with Gasteiger partial charge < -0.3 is 5.32 Å². The topological polar surface area (TPSA) is 54.9 Å². The molecule has 0 bridgehead atoms. The molecule has 1 rings (SSSR count). The van der Waals surface area contributed by atoms with Gasteiger partial charge in [0.15, 0.2) is 5.82 Å². The van der Waals surface area contributed by atoms with Crippen LogP contribution in [-0.2, 0) is 10.8 Å². The molecule has 2 atom stereocenters. The first-order valence-electron chi connectivity index (χ1n) is 4.12. The molecule has 0 spiro atoms. The molecule has 0 aliphatic carbocycles. The van der Waals surface area contributed by atoms with Crippen LogP contribution in [-0.4, -0.2) is 32.2 Å². The zero-order chi connectivity index (χ0) is 10.6. The fourth-order valence-electron chi connectivity index (χ4n) is 1.00. The number of hydrogen-bond acceptors (Lipinski definition) is 4. The highest BCUT2D eigenvalue weighted by Crippen LogP contribution is 2.01. The summed E-state index contributed by atoms with van der Waals surface area (Å²) in [4.78, 5) is 7.46. The second-order valence-corrected chi connectivity index (χ2v) is 4.49. The zero-order valence-electron chi connectivity index (χ0n) is 8.03. The maximum Gasteiger partial charge on any atom is 0.223 e. The smallest absolute Gasteiger partial charge is 0.223 e. The van der Waals surface area contributed by atoms with Crippen molar-refractivity contribution >= 4 is 16.7 Å². The quantitative estimate of drug-likeness (QED) is 0.810. The van der Waals surface area contributed by atoms with Crippen molar-refractivity contribution in [3.63, 3.8) is 0 Å². The zero-order valence-corrected chi connectivity index (χ0v) is 8.84. The number of aromatic nitrogens is 2. The predicted octanol–water partition coefficient (Wildman–Crippen LogP) is 0.795. The fraction of sp³-hybridized carbons (Fsp3) is 0.500. The van der Waals surface area contributed by atoms with Gasteiger partial charge in [-0.05, 0) is 6.92 Å². The summed E-state index contributed by atoms with van der Waals surface area (Å²) in [7, 11) is -0.866. The largest absolute Gasteiger partial charge is 0.351 e. The van der Waals surface area contributed by atoms with Gasteiger partial charge in [0, 0.05) is 28.9 Å². The summed E-state index contributed by atoms with van der Waals surface area (Å²) < 4.78 is 23.3. The first-order valence-corrected chi connectivity index (χ1v) is 5.84. The van der Waals surface area contributed by atoms with Crippen LogP contribution in [0.5, 0.6) is 0 Å². The number of rotatable bonds is 4. The van der Waals surface area contributed by atoms with Gasteiger partial charge in [-0.2, -0.15) is 0 Å². The van der Waals surface area contributed by atoms with Crippen molar-refractivity contribution in [2.24, 2.45) is 0 Å². The molecule has 1 aromatic rings. The van der Waals surface area contributed by atoms with Crippen LogP contribution in [0.25, 0.3) is 0 Å². The lowest BCUT2D eigenvalue weighted by Gasteiger charge is -2.11. The third-order valence-corrected chi connectivity index (χ3v) is 2.45. The van der Waals surface area contributed by atoms with E-state index in [1.807, 2.05) is 6.92 Å². The molecule has 0 amide bonds. The van der Waals surface area contributed by atoms with Gasteiger partial charge in [0.1, 0.15) is 0 Å². The SMILES string of the molecule is CC(CS(C)=O)Nc1ncc(F)cn1. The second kappa shape index (κ2) is 4.99. The van der Waals surface area contributed by atoms with E-state index < -0.39 is 16.6 Å². The molecule has 0 aliphatic rings. The minimum atomic E-state index is -0.866. The predicted molar refractivity (Wildman–Crippen MR) is 54.0 cm³/mol. The molecule has 0 aliphatic heterocycles. The van der Waals surface area contributed by atoms with Gasteiger partial charge in [0.2, 0.25) is 5.95 Å². The molecule has 4 nitrogen and oxygen atoms in total. The number of halogens is 1. The van der Waals surface area contributed by atoms with E-state index >= 15 is 0 Å². The van der Waals surface area contributed by atoms with E-state index in [0.29, 0.717) is 11.7 Å². The van der Waals surface area contributed by atoms with E-state index in [1.54, 1.807) is 6.26 Å². The van der Waals surface area contributed by atoms with E-state index in [4.69, 9.17) is 0 Å². The highest BCUT2D eigenvalue weighted by Gasteiger charge is 2.05. The number of anilines is 1. The molecular formula is C8H12FN3OS. The van der Waals surface area contributed by atoms with Crippen molar-refractivity contribution in [2.45, 2.75) is 13.0 Å². The molecule has 0 radical (unpaired) electrons. The summed E-state index contributed by atoms with van der Waals surface area (Å²) in [5.41, 5.74) is 0. The van der Waals surface area contributed by atoms with Gasteiger partial charge in [0.25, 0.3) is 0 Å². The van der Waals surface area contributed by atoms with Gasteiger partial charge in [-0.25, -0.2) is 14.4 Å². The van der Waals surface area contributed by atoms with E-state index in [-0.39, 0.29) is 6.04 Å². The maximum atomic E-state index is 12.4. The fourth-order valence-corrected chi connectivity index (χ4v) is 1.79. The third-order valence-electron chi connectivity index (χ3n) is 1.48. The molecule has 0 aromatic carbocycles. The Kier molecular flexibility index (Phi) is 3.94. The minimum Gasteiger partial charge on any atom is -0.351 e. The third kappa shape index (κ3) is 3.78. The van der Waals surface area contributed by atoms with Gasteiger partial charge in [-0.15, -0.1) is 0 Å². The van der Waals surface area contributed by atoms with E-state index in [0.717, 1.165) is 12.4 Å². The van der Waals surface area contributed by atoms with Crippen molar-refractivity contribution in [1.29, 1.82) is 0 Å². The van der Waals surface area contributed by atoms with E-state index in [9.17, 15) is 8.60 Å². The van der Waals surface area contributed by atoms with Crippen LogP contribution in [0, 0.1) is 5.82 Å². The van der Waals surface area contributed by atoms with Gasteiger partial charge in [-0.1, -0.05) is 0 Å². The lowest BCUT2D eigenvalue weighted by atomic mass is 10.4. The summed E-state index contributed by atoms with van der Waals surface area (Å²) in [5, 5.41) is 2.92. The van der Waals surface area contributed by atoms with E-state index in [2.05, 4.69) is 15.3 Å². The summed E-state index contributed by atoms with van der Waals surface area (Å²) in [6.07, 6.45) is 3.81. The number of nitrogens with one attached hydrogen (secondary N) is 1. The molecular weight excluding hydrogens is 205 g/mol. The van der Waals surface area contributed by atoms with Crippen LogP contribution in [0.3, 0.4) is 0 Å². The van der Waals surface area contributed by atoms with Crippen LogP contribution in [0.2, 0.25) is 0 Å². The normalized spacial score (nSPS) is 14.8. The highest BCUT2D eigenvalue weighted by atomic mass is 32.2. The first-order chi connectivity index (χ1) is 6.58. The van der Waals surface area contributed by atoms with Crippen LogP contribution in [0.15, 0.2) is 12.4 Å². The van der Waals surface area contributed by atoms with Crippen LogP contribution >= 0.6 is 0 Å². The second-order valence-electron chi connectivity index (χ2n) is 3.01. The Balaban J connectivity index is 2.51. The van der Waals surface area contributed by atoms with Crippen molar-refractivity contribution < 1.29 is 8.60 Å². The molecule has 1 N–H and O–H groups in total. The van der Waals surface area contributed by atoms with E-state index in [1.165, 1.54) is 0 Å². The monoisotopic (exact) mass is 217 g/mol. The summed E-state index contributed by atoms with van der Waals surface area (Å²) in [5.74, 6) is 0.396. The molecule has 14 heavy (non-hydrogen) atoms. The molecule has 0 saturated carbocycles. The Morgan fingerprint density at radius 1 is 1.57 bits per heavy atom. The molecule has 0 fully saturated rings. The van der Waals surface area contributed by atoms with Crippen molar-refractivity contribution in [3.8, 4) is 0 Å². The molecule has 1 aromatic heterocycles. The highest BCUT2D eigenvalue weighted by molar-refractivity contribution is 7.84. The number of nitrogens with zero attached hydrogens (tertiary/aromatic N) is 2. The average molecular weight is 217 g/mol. The maximum absolute atomic E-state index is 12.4. The van der Waals surface area contributed by atoms with Gasteiger partial charge in [0.05, 0.1) is 12.4 Å². The Morgan fingerprint density at radius 3 is 2.64 bits per heavy atom. The van der Waals surface area contributed by atoms with Crippen molar-refractivity contribution in [2.75, 3.05) is 17.3 Å². The number of hydrogen-bond donors (Lipinski definition) is 1. The lowest BCUT2D eigenvalue weighted by Crippen LogP contribution is -2.23. The first kappa shape index (κ1) is 11.0. The minimum absolute atomic E-state index is 0.00583. The van der Waals surface area contributed by atoms with Crippen molar-refractivity contribution in [1.82, 2.24) is 9.97 Å². The van der Waals surface area contributed by atoms with Crippen molar-refractivity contribution in [3.05, 3.63) is 18.2 Å². The van der Waals surface area contributed by atoms with Gasteiger partial charge in [-0.3, -0.25) is 4.21 Å². The average Bonchev–Trinajstić information content (AvgIpc) is 2.07. The molecule has 78 valence electrons. The van der Waals surface area contributed by atoms with Crippen LogP contribution < -0.4 is 5.32 Å². The molecule has 6 heteroatoms. The lowest BCUT2D eigenvalue weighted by molar-refractivity contribution is 0.613. The summed E-state index contributed by atoms with van der Waals surface area (Å²) >= 11 is 0. The Labute approximate surface area is 84.4 Å². The van der Waals surface area contributed by atoms with Crippen LogP contribution in [0.4, 0.5) is 10.3 Å². The Bertz CT molecular complexity index is 317. The Hall–Kier alpha value is -1.04. The molecule has 0 saturated heterocycles. The Morgan fingerprint density at radius 2 is 2.14 bits per heavy atom. The molecule has 1 heterocycles. The van der Waals surface area contributed by atoms with Crippen LogP contribution in [0.1, 0.15) is 6.92 Å². The molecule has 2 unspecified atom stereocenters. The summed E-state index contributed by atoms with van der Waals surface area (Å²) in [6.45, 7) is 1.87. The summed E-state index contributed by atoms with van der Waals surface area (Å²) in [6, 6.07) is 0.00583.